The summed E-state index contributed by atoms with van der Waals surface area (Å²) in [5.74, 6) is 0.945. The lowest BCUT2D eigenvalue weighted by Crippen LogP contribution is -2.12. The monoisotopic (exact) mass is 329 g/mol. The molecule has 1 aromatic carbocycles. The highest BCUT2D eigenvalue weighted by molar-refractivity contribution is 5.79. The fourth-order valence-corrected chi connectivity index (χ4v) is 2.87. The van der Waals surface area contributed by atoms with E-state index in [-0.39, 0.29) is 5.43 Å². The molecule has 4 nitrogen and oxygen atoms in total. The highest BCUT2D eigenvalue weighted by Gasteiger charge is 2.20. The molecule has 0 saturated heterocycles. The van der Waals surface area contributed by atoms with Crippen LogP contribution in [0.25, 0.3) is 10.9 Å². The maximum absolute atomic E-state index is 12.3. The van der Waals surface area contributed by atoms with Crippen molar-refractivity contribution in [3.05, 3.63) is 45.7 Å². The van der Waals surface area contributed by atoms with Gasteiger partial charge in [0.1, 0.15) is 0 Å². The van der Waals surface area contributed by atoms with E-state index >= 15 is 0 Å². The van der Waals surface area contributed by atoms with Crippen LogP contribution in [0.5, 0.6) is 0 Å². The number of fused-ring (bicyclic) bond motifs is 1. The smallest absolute Gasteiger partial charge is 0.192 e. The minimum absolute atomic E-state index is 0.0898. The Morgan fingerprint density at radius 3 is 2.62 bits per heavy atom. The van der Waals surface area contributed by atoms with E-state index < -0.39 is 0 Å². The number of H-pyrrole nitrogens is 1. The van der Waals surface area contributed by atoms with E-state index in [2.05, 4.69) is 4.98 Å². The second-order valence-electron chi connectivity index (χ2n) is 6.71. The molecule has 1 saturated carbocycles. The van der Waals surface area contributed by atoms with Crippen molar-refractivity contribution in [2.45, 2.75) is 45.6 Å². The van der Waals surface area contributed by atoms with Gasteiger partial charge in [0, 0.05) is 42.0 Å². The van der Waals surface area contributed by atoms with Gasteiger partial charge < -0.3 is 14.5 Å². The Kier molecular flexibility index (Phi) is 6.05. The van der Waals surface area contributed by atoms with Crippen LogP contribution in [0.1, 0.15) is 43.4 Å². The Labute approximate surface area is 143 Å². The second kappa shape index (κ2) is 8.45. The third-order valence-corrected chi connectivity index (χ3v) is 4.69. The summed E-state index contributed by atoms with van der Waals surface area (Å²) in [5.41, 5.74) is 2.58. The first-order chi connectivity index (χ1) is 11.8. The molecule has 1 aliphatic carbocycles. The number of nitrogens with one attached hydrogen (secondary N) is 1. The second-order valence-corrected chi connectivity index (χ2v) is 6.71. The Bertz CT molecular complexity index is 718. The predicted octanol–water partition coefficient (Wildman–Crippen LogP) is 3.95. The summed E-state index contributed by atoms with van der Waals surface area (Å²) in [6.45, 7) is 4.73. The van der Waals surface area contributed by atoms with Crippen LogP contribution in [0.3, 0.4) is 0 Å². The topological polar surface area (TPSA) is 51.3 Å². The van der Waals surface area contributed by atoms with Crippen molar-refractivity contribution < 1.29 is 9.47 Å². The van der Waals surface area contributed by atoms with Crippen LogP contribution in [0.15, 0.2) is 29.1 Å². The highest BCUT2D eigenvalue weighted by Crippen LogP contribution is 2.32. The summed E-state index contributed by atoms with van der Waals surface area (Å²) in [5, 5.41) is 0.738. The molecular weight excluding hydrogens is 302 g/mol. The summed E-state index contributed by atoms with van der Waals surface area (Å²) in [6, 6.07) is 7.61. The Balaban J connectivity index is 1.37. The molecule has 2 aromatic rings. The Hall–Kier alpha value is -1.65. The molecular formula is C20H27NO3. The molecule has 0 amide bonds. The number of ether oxygens (including phenoxy) is 2. The van der Waals surface area contributed by atoms with Crippen LogP contribution >= 0.6 is 0 Å². The highest BCUT2D eigenvalue weighted by atomic mass is 16.5. The van der Waals surface area contributed by atoms with Crippen molar-refractivity contribution in [2.24, 2.45) is 5.92 Å². The number of hydrogen-bond donors (Lipinski definition) is 1. The van der Waals surface area contributed by atoms with Gasteiger partial charge in [-0.15, -0.1) is 0 Å². The van der Waals surface area contributed by atoms with Gasteiger partial charge in [0.05, 0.1) is 6.61 Å². The number of rotatable bonds is 10. The first-order valence-electron chi connectivity index (χ1n) is 9.01. The van der Waals surface area contributed by atoms with Gasteiger partial charge >= 0.3 is 0 Å². The van der Waals surface area contributed by atoms with Crippen LogP contribution in [-0.4, -0.2) is 24.8 Å². The third kappa shape index (κ3) is 4.68. The van der Waals surface area contributed by atoms with Crippen molar-refractivity contribution in [1.82, 2.24) is 4.98 Å². The van der Waals surface area contributed by atoms with Crippen LogP contribution in [0.4, 0.5) is 0 Å². The standard InChI is InChI=1S/C20H27NO3/c1-15-19(21-18-7-3-2-6-17(18)20(15)22)14-24-12-5-4-11-23-13-10-16-8-9-16/h2-3,6-7,16H,4-5,8-14H2,1H3,(H,21,22). The maximum Gasteiger partial charge on any atom is 0.192 e. The Morgan fingerprint density at radius 2 is 1.83 bits per heavy atom. The van der Waals surface area contributed by atoms with Gasteiger partial charge in [-0.2, -0.15) is 0 Å². The summed E-state index contributed by atoms with van der Waals surface area (Å²) < 4.78 is 11.4. The zero-order valence-corrected chi connectivity index (χ0v) is 14.5. The quantitative estimate of drug-likeness (QED) is 0.672. The largest absolute Gasteiger partial charge is 0.381 e. The molecule has 130 valence electrons. The molecule has 1 heterocycles. The van der Waals surface area contributed by atoms with E-state index in [1.165, 1.54) is 19.3 Å². The number of benzene rings is 1. The molecule has 3 rings (SSSR count). The van der Waals surface area contributed by atoms with Crippen molar-refractivity contribution in [1.29, 1.82) is 0 Å². The van der Waals surface area contributed by atoms with Gasteiger partial charge in [0.25, 0.3) is 0 Å². The molecule has 0 aliphatic heterocycles. The van der Waals surface area contributed by atoms with Crippen molar-refractivity contribution in [3.8, 4) is 0 Å². The zero-order valence-electron chi connectivity index (χ0n) is 14.5. The lowest BCUT2D eigenvalue weighted by molar-refractivity contribution is 0.0921. The van der Waals surface area contributed by atoms with Crippen LogP contribution in [0, 0.1) is 12.8 Å². The molecule has 1 aliphatic rings. The molecule has 0 spiro atoms. The Morgan fingerprint density at radius 1 is 1.08 bits per heavy atom. The zero-order chi connectivity index (χ0) is 16.8. The van der Waals surface area contributed by atoms with E-state index in [0.717, 1.165) is 54.1 Å². The van der Waals surface area contributed by atoms with Crippen molar-refractivity contribution in [3.63, 3.8) is 0 Å². The third-order valence-electron chi connectivity index (χ3n) is 4.69. The average Bonchev–Trinajstić information content (AvgIpc) is 3.42. The maximum atomic E-state index is 12.3. The lowest BCUT2D eigenvalue weighted by Gasteiger charge is -2.09. The summed E-state index contributed by atoms with van der Waals surface area (Å²) in [4.78, 5) is 15.7. The minimum atomic E-state index is 0.0898. The minimum Gasteiger partial charge on any atom is -0.381 e. The van der Waals surface area contributed by atoms with E-state index in [1.54, 1.807) is 0 Å². The van der Waals surface area contributed by atoms with Crippen LogP contribution in [0.2, 0.25) is 0 Å². The van der Waals surface area contributed by atoms with Gasteiger partial charge in [0.2, 0.25) is 0 Å². The number of pyridine rings is 1. The van der Waals surface area contributed by atoms with E-state index in [1.807, 2.05) is 31.2 Å². The molecule has 4 heteroatoms. The SMILES string of the molecule is Cc1c(COCCCCOCCC2CC2)[nH]c2ccccc2c1=O. The summed E-state index contributed by atoms with van der Waals surface area (Å²) >= 11 is 0. The first kappa shape index (κ1) is 17.2. The molecule has 0 radical (unpaired) electrons. The molecule has 24 heavy (non-hydrogen) atoms. The van der Waals surface area contributed by atoms with Crippen LogP contribution < -0.4 is 5.43 Å². The number of aromatic amines is 1. The molecule has 1 aromatic heterocycles. The molecule has 0 bridgehead atoms. The van der Waals surface area contributed by atoms with Crippen molar-refractivity contribution >= 4 is 10.9 Å². The lowest BCUT2D eigenvalue weighted by atomic mass is 10.1. The number of aromatic nitrogens is 1. The van der Waals surface area contributed by atoms with E-state index in [0.29, 0.717) is 13.2 Å². The average molecular weight is 329 g/mol. The number of hydrogen-bond acceptors (Lipinski definition) is 3. The van der Waals surface area contributed by atoms with Gasteiger partial charge in [-0.05, 0) is 44.2 Å². The molecule has 1 fully saturated rings. The summed E-state index contributed by atoms with van der Waals surface area (Å²) in [6.07, 6.45) is 6.03. The van der Waals surface area contributed by atoms with Gasteiger partial charge in [-0.1, -0.05) is 25.0 Å². The van der Waals surface area contributed by atoms with Crippen molar-refractivity contribution in [2.75, 3.05) is 19.8 Å². The molecule has 0 atom stereocenters. The first-order valence-corrected chi connectivity index (χ1v) is 9.01. The normalized spacial score (nSPS) is 14.4. The van der Waals surface area contributed by atoms with Gasteiger partial charge in [-0.3, -0.25) is 4.79 Å². The molecule has 0 unspecified atom stereocenters. The molecule has 1 N–H and O–H groups in total. The predicted molar refractivity (Wildman–Crippen MR) is 96.4 cm³/mol. The van der Waals surface area contributed by atoms with Gasteiger partial charge in [-0.25, -0.2) is 0 Å². The number of para-hydroxylation sites is 1. The van der Waals surface area contributed by atoms with E-state index in [4.69, 9.17) is 9.47 Å². The van der Waals surface area contributed by atoms with Crippen LogP contribution in [-0.2, 0) is 16.1 Å². The van der Waals surface area contributed by atoms with E-state index in [9.17, 15) is 4.79 Å². The van der Waals surface area contributed by atoms with Gasteiger partial charge in [0.15, 0.2) is 5.43 Å². The number of unbranched alkanes of at least 4 members (excludes halogenated alkanes) is 1. The fourth-order valence-electron chi connectivity index (χ4n) is 2.87. The summed E-state index contributed by atoms with van der Waals surface area (Å²) in [7, 11) is 0. The fraction of sp³-hybridized carbons (Fsp3) is 0.550.